The van der Waals surface area contributed by atoms with Gasteiger partial charge in [0.2, 0.25) is 16.9 Å². The Kier molecular flexibility index (Phi) is 6.12. The first-order valence-electron chi connectivity index (χ1n) is 8.80. The molecule has 4 N–H and O–H groups in total. The van der Waals surface area contributed by atoms with Gasteiger partial charge in [0.1, 0.15) is 11.5 Å². The van der Waals surface area contributed by atoms with Crippen molar-refractivity contribution in [1.29, 1.82) is 0 Å². The van der Waals surface area contributed by atoms with Gasteiger partial charge in [-0.05, 0) is 48.5 Å². The lowest BCUT2D eigenvalue weighted by Crippen LogP contribution is -2.16. The summed E-state index contributed by atoms with van der Waals surface area (Å²) in [4.78, 5) is 12.2. The lowest BCUT2D eigenvalue weighted by molar-refractivity contribution is -0.113. The van der Waals surface area contributed by atoms with Crippen LogP contribution in [0.15, 0.2) is 53.7 Å². The van der Waals surface area contributed by atoms with Gasteiger partial charge in [-0.3, -0.25) is 9.89 Å². The Morgan fingerprint density at radius 3 is 2.68 bits per heavy atom. The third-order valence-corrected chi connectivity index (χ3v) is 5.65. The number of carbonyl (C=O) groups excluding carboxylic acids is 1. The molecule has 0 bridgehead atoms. The van der Waals surface area contributed by atoms with Crippen molar-refractivity contribution in [1.82, 2.24) is 25.1 Å². The fourth-order valence-corrected chi connectivity index (χ4v) is 3.78. The van der Waals surface area contributed by atoms with Crippen molar-refractivity contribution >= 4 is 46.6 Å². The number of H-pyrrole nitrogens is 1. The van der Waals surface area contributed by atoms with Gasteiger partial charge >= 0.3 is 0 Å². The molecule has 2 aromatic heterocycles. The number of nitrogen functional groups attached to an aromatic ring is 1. The highest BCUT2D eigenvalue weighted by Gasteiger charge is 2.17. The smallest absolute Gasteiger partial charge is 0.234 e. The Bertz CT molecular complexity index is 1240. The molecule has 2 heterocycles. The number of nitrogens with one attached hydrogen (secondary N) is 2. The molecule has 1 amide bonds. The van der Waals surface area contributed by atoms with Crippen molar-refractivity contribution in [2.24, 2.45) is 0 Å². The van der Waals surface area contributed by atoms with Crippen molar-refractivity contribution in [3.8, 4) is 22.8 Å². The Balaban J connectivity index is 1.42. The van der Waals surface area contributed by atoms with Crippen molar-refractivity contribution in [2.75, 3.05) is 16.9 Å². The zero-order valence-electron chi connectivity index (χ0n) is 15.6. The first kappa shape index (κ1) is 21.2. The molecule has 0 atom stereocenters. The fourth-order valence-electron chi connectivity index (χ4n) is 2.67. The molecule has 2 aromatic carbocycles. The number of hydrogen-bond acceptors (Lipinski definition) is 6. The van der Waals surface area contributed by atoms with Crippen molar-refractivity contribution in [2.45, 2.75) is 5.16 Å². The van der Waals surface area contributed by atoms with Crippen LogP contribution in [0.3, 0.4) is 0 Å². The average molecular weight is 478 g/mol. The lowest BCUT2D eigenvalue weighted by Gasteiger charge is -2.07. The predicted octanol–water partition coefficient (Wildman–Crippen LogP) is 4.23. The zero-order valence-corrected chi connectivity index (χ0v) is 18.0. The third kappa shape index (κ3) is 4.82. The monoisotopic (exact) mass is 477 g/mol. The first-order valence-corrected chi connectivity index (χ1v) is 10.5. The lowest BCUT2D eigenvalue weighted by atomic mass is 10.1. The Hall–Kier alpha value is -3.08. The molecule has 12 heteroatoms. The van der Waals surface area contributed by atoms with Crippen LogP contribution in [0.4, 0.5) is 10.1 Å². The van der Waals surface area contributed by atoms with E-state index in [1.807, 2.05) is 0 Å². The topological polar surface area (TPSA) is 115 Å². The van der Waals surface area contributed by atoms with E-state index in [0.29, 0.717) is 38.1 Å². The van der Waals surface area contributed by atoms with Crippen LogP contribution < -0.4 is 11.2 Å². The van der Waals surface area contributed by atoms with E-state index in [0.717, 1.165) is 17.3 Å². The SMILES string of the molecule is Nn1c(SCC(=O)Nc2ccc(Cl)cc2Cl)nnc1-c1cc(-c2ccc(F)cc2)n[nH]1. The molecule has 0 unspecified atom stereocenters. The van der Waals surface area contributed by atoms with Crippen LogP contribution >= 0.6 is 35.0 Å². The molecule has 4 rings (SSSR count). The fraction of sp³-hybridized carbons (Fsp3) is 0.0526. The van der Waals surface area contributed by atoms with Crippen molar-refractivity contribution < 1.29 is 9.18 Å². The van der Waals surface area contributed by atoms with Crippen LogP contribution in [-0.4, -0.2) is 36.7 Å². The summed E-state index contributed by atoms with van der Waals surface area (Å²) in [6, 6.07) is 12.5. The maximum Gasteiger partial charge on any atom is 0.234 e. The number of aromatic nitrogens is 5. The van der Waals surface area contributed by atoms with Gasteiger partial charge in [-0.25, -0.2) is 9.07 Å². The van der Waals surface area contributed by atoms with Gasteiger partial charge in [0.15, 0.2) is 0 Å². The van der Waals surface area contributed by atoms with E-state index in [4.69, 9.17) is 29.0 Å². The number of benzene rings is 2. The van der Waals surface area contributed by atoms with Crippen LogP contribution in [0, 0.1) is 5.82 Å². The van der Waals surface area contributed by atoms with Gasteiger partial charge in [-0.1, -0.05) is 35.0 Å². The maximum atomic E-state index is 13.1. The molecule has 8 nitrogen and oxygen atoms in total. The maximum absolute atomic E-state index is 13.1. The predicted molar refractivity (Wildman–Crippen MR) is 119 cm³/mol. The molecule has 0 aliphatic carbocycles. The largest absolute Gasteiger partial charge is 0.335 e. The van der Waals surface area contributed by atoms with Gasteiger partial charge in [0, 0.05) is 10.6 Å². The standard InChI is InChI=1S/C19H14Cl2FN7OS/c20-11-3-6-14(13(21)7-11)24-17(30)9-31-19-28-27-18(29(19)23)16-8-15(25-26-16)10-1-4-12(22)5-2-10/h1-8H,9,23H2,(H,24,30)(H,25,26). The average Bonchev–Trinajstić information content (AvgIpc) is 3.36. The number of carbonyl (C=O) groups is 1. The summed E-state index contributed by atoms with van der Waals surface area (Å²) in [6.45, 7) is 0. The second kappa shape index (κ2) is 8.96. The molecule has 31 heavy (non-hydrogen) atoms. The number of rotatable bonds is 6. The Morgan fingerprint density at radius 1 is 1.16 bits per heavy atom. The number of amides is 1. The van der Waals surface area contributed by atoms with E-state index < -0.39 is 0 Å². The number of nitrogens with zero attached hydrogens (tertiary/aromatic N) is 4. The van der Waals surface area contributed by atoms with Crippen molar-refractivity contribution in [3.05, 3.63) is 64.4 Å². The number of halogens is 3. The second-order valence-electron chi connectivity index (χ2n) is 6.31. The van der Waals surface area contributed by atoms with Crippen LogP contribution in [0.1, 0.15) is 0 Å². The number of hydrogen-bond donors (Lipinski definition) is 3. The molecule has 0 fully saturated rings. The molecule has 0 radical (unpaired) electrons. The minimum Gasteiger partial charge on any atom is -0.335 e. The molecular weight excluding hydrogens is 464 g/mol. The molecule has 4 aromatic rings. The number of thioether (sulfide) groups is 1. The molecule has 158 valence electrons. The Morgan fingerprint density at radius 2 is 1.94 bits per heavy atom. The van der Waals surface area contributed by atoms with E-state index in [-0.39, 0.29) is 17.5 Å². The quantitative estimate of drug-likeness (QED) is 0.282. The summed E-state index contributed by atoms with van der Waals surface area (Å²) in [5.74, 6) is 5.84. The second-order valence-corrected chi connectivity index (χ2v) is 8.10. The molecule has 0 aliphatic heterocycles. The summed E-state index contributed by atoms with van der Waals surface area (Å²) in [5, 5.41) is 19.0. The summed E-state index contributed by atoms with van der Waals surface area (Å²) in [6.07, 6.45) is 0. The highest BCUT2D eigenvalue weighted by Crippen LogP contribution is 2.27. The van der Waals surface area contributed by atoms with Crippen molar-refractivity contribution in [3.63, 3.8) is 0 Å². The van der Waals surface area contributed by atoms with Crippen LogP contribution in [-0.2, 0) is 4.79 Å². The Labute approximate surface area is 189 Å². The van der Waals surface area contributed by atoms with Crippen LogP contribution in [0.25, 0.3) is 22.8 Å². The first-order chi connectivity index (χ1) is 14.9. The van der Waals surface area contributed by atoms with Crippen LogP contribution in [0.5, 0.6) is 0 Å². The van der Waals surface area contributed by atoms with Gasteiger partial charge in [-0.15, -0.1) is 10.2 Å². The molecule has 0 spiro atoms. The minimum atomic E-state index is -0.328. The highest BCUT2D eigenvalue weighted by molar-refractivity contribution is 7.99. The van der Waals surface area contributed by atoms with Gasteiger partial charge in [0.25, 0.3) is 0 Å². The summed E-state index contributed by atoms with van der Waals surface area (Å²) >= 11 is 13.0. The van der Waals surface area contributed by atoms with E-state index in [1.54, 1.807) is 36.4 Å². The van der Waals surface area contributed by atoms with Gasteiger partial charge in [0.05, 0.1) is 22.2 Å². The molecule has 0 saturated carbocycles. The summed E-state index contributed by atoms with van der Waals surface area (Å²) < 4.78 is 14.4. The van der Waals surface area contributed by atoms with E-state index >= 15 is 0 Å². The van der Waals surface area contributed by atoms with E-state index in [9.17, 15) is 9.18 Å². The molecule has 0 saturated heterocycles. The van der Waals surface area contributed by atoms with E-state index in [1.165, 1.54) is 16.8 Å². The normalized spacial score (nSPS) is 10.9. The van der Waals surface area contributed by atoms with Gasteiger partial charge in [-0.2, -0.15) is 5.10 Å². The van der Waals surface area contributed by atoms with Gasteiger partial charge < -0.3 is 11.2 Å². The number of aromatic amines is 1. The zero-order chi connectivity index (χ0) is 22.0. The molecular formula is C19H14Cl2FN7OS. The minimum absolute atomic E-state index is 0.0398. The summed E-state index contributed by atoms with van der Waals surface area (Å²) in [5.41, 5.74) is 2.32. The number of anilines is 1. The highest BCUT2D eigenvalue weighted by atomic mass is 35.5. The molecule has 0 aliphatic rings. The third-order valence-electron chi connectivity index (χ3n) is 4.16. The van der Waals surface area contributed by atoms with E-state index in [2.05, 4.69) is 25.7 Å². The summed E-state index contributed by atoms with van der Waals surface area (Å²) in [7, 11) is 0. The van der Waals surface area contributed by atoms with Crippen LogP contribution in [0.2, 0.25) is 10.0 Å². The number of nitrogens with two attached hydrogens (primary N) is 1.